The predicted octanol–water partition coefficient (Wildman–Crippen LogP) is 1.49. The Morgan fingerprint density at radius 2 is 2.18 bits per heavy atom. The lowest BCUT2D eigenvalue weighted by molar-refractivity contribution is -0.117. The second-order valence-electron chi connectivity index (χ2n) is 3.73. The number of benzene rings is 1. The third-order valence-electron chi connectivity index (χ3n) is 2.32. The number of fused-ring (bicyclic) bond motifs is 1. The maximum Gasteiger partial charge on any atom is 0.269 e. The van der Waals surface area contributed by atoms with Crippen LogP contribution in [0.2, 0.25) is 0 Å². The number of carbonyl (C=O) groups is 2. The summed E-state index contributed by atoms with van der Waals surface area (Å²) in [5, 5.41) is 4.72. The lowest BCUT2D eigenvalue weighted by Crippen LogP contribution is -2.14. The number of amides is 1. The van der Waals surface area contributed by atoms with E-state index >= 15 is 0 Å². The predicted molar refractivity (Wildman–Crippen MR) is 66.6 cm³/mol. The van der Waals surface area contributed by atoms with Crippen molar-refractivity contribution in [2.24, 2.45) is 5.73 Å². The second-order valence-corrected chi connectivity index (χ2v) is 4.65. The van der Waals surface area contributed by atoms with Gasteiger partial charge in [-0.2, -0.15) is 5.10 Å². The van der Waals surface area contributed by atoms with Gasteiger partial charge in [-0.1, -0.05) is 15.9 Å². The van der Waals surface area contributed by atoms with E-state index in [1.54, 1.807) is 12.1 Å². The minimum absolute atomic E-state index is 0.0339. The van der Waals surface area contributed by atoms with E-state index in [-0.39, 0.29) is 18.0 Å². The summed E-state index contributed by atoms with van der Waals surface area (Å²) in [7, 11) is 0. The Bertz CT molecular complexity index is 618. The first-order valence-corrected chi connectivity index (χ1v) is 5.73. The molecular weight excluding hydrogens is 286 g/mol. The smallest absolute Gasteiger partial charge is 0.269 e. The number of Topliss-reactive ketones (excluding diaryl/α,β-unsaturated/α-hetero) is 1. The molecule has 0 spiro atoms. The summed E-state index contributed by atoms with van der Waals surface area (Å²) < 4.78 is 2.32. The fourth-order valence-corrected chi connectivity index (χ4v) is 2.03. The van der Waals surface area contributed by atoms with E-state index in [2.05, 4.69) is 21.0 Å². The number of ketones is 1. The molecule has 0 unspecified atom stereocenters. The van der Waals surface area contributed by atoms with Gasteiger partial charge in [-0.3, -0.25) is 14.3 Å². The van der Waals surface area contributed by atoms with Crippen LogP contribution < -0.4 is 5.73 Å². The molecule has 0 aliphatic carbocycles. The van der Waals surface area contributed by atoms with E-state index in [1.165, 1.54) is 11.6 Å². The first-order chi connectivity index (χ1) is 7.99. The van der Waals surface area contributed by atoms with Crippen molar-refractivity contribution < 1.29 is 9.59 Å². The first-order valence-electron chi connectivity index (χ1n) is 4.94. The van der Waals surface area contributed by atoms with Crippen LogP contribution in [-0.4, -0.2) is 21.5 Å². The summed E-state index contributed by atoms with van der Waals surface area (Å²) in [6.07, 6.45) is 0. The van der Waals surface area contributed by atoms with E-state index in [9.17, 15) is 9.59 Å². The summed E-state index contributed by atoms with van der Waals surface area (Å²) in [5.74, 6) is -0.635. The Morgan fingerprint density at radius 3 is 2.76 bits per heavy atom. The molecule has 0 saturated heterocycles. The highest BCUT2D eigenvalue weighted by Crippen LogP contribution is 2.23. The summed E-state index contributed by atoms with van der Waals surface area (Å²) in [4.78, 5) is 22.4. The van der Waals surface area contributed by atoms with E-state index < -0.39 is 5.91 Å². The van der Waals surface area contributed by atoms with Gasteiger partial charge in [0.2, 0.25) is 0 Å². The fraction of sp³-hybridized carbons (Fsp3) is 0.182. The zero-order valence-electron chi connectivity index (χ0n) is 9.11. The first kappa shape index (κ1) is 11.8. The standard InChI is InChI=1S/C11H10BrN3O2/c1-6(16)5-15-9-3-2-7(12)4-8(9)10(14-15)11(13)17/h2-4H,5H2,1H3,(H2,13,17). The van der Waals surface area contributed by atoms with Gasteiger partial charge in [-0.25, -0.2) is 0 Å². The fourth-order valence-electron chi connectivity index (χ4n) is 1.66. The summed E-state index contributed by atoms with van der Waals surface area (Å²) in [5.41, 5.74) is 6.16. The molecule has 88 valence electrons. The number of hydrogen-bond donors (Lipinski definition) is 1. The second kappa shape index (κ2) is 4.29. The lowest BCUT2D eigenvalue weighted by Gasteiger charge is -1.99. The highest BCUT2D eigenvalue weighted by atomic mass is 79.9. The summed E-state index contributed by atoms with van der Waals surface area (Å²) in [6.45, 7) is 1.60. The maximum atomic E-state index is 11.3. The Kier molecular flexibility index (Phi) is 2.97. The van der Waals surface area contributed by atoms with Crippen molar-refractivity contribution in [3.63, 3.8) is 0 Å². The van der Waals surface area contributed by atoms with Crippen molar-refractivity contribution in [2.45, 2.75) is 13.5 Å². The number of hydrogen-bond acceptors (Lipinski definition) is 3. The van der Waals surface area contributed by atoms with Crippen LogP contribution in [-0.2, 0) is 11.3 Å². The van der Waals surface area contributed by atoms with Crippen LogP contribution in [0.25, 0.3) is 10.9 Å². The van der Waals surface area contributed by atoms with Crippen molar-refractivity contribution in [3.8, 4) is 0 Å². The molecular formula is C11H10BrN3O2. The highest BCUT2D eigenvalue weighted by Gasteiger charge is 2.15. The van der Waals surface area contributed by atoms with Crippen molar-refractivity contribution >= 4 is 38.5 Å². The minimum atomic E-state index is -0.601. The van der Waals surface area contributed by atoms with Gasteiger partial charge in [0.05, 0.1) is 12.1 Å². The van der Waals surface area contributed by atoms with Gasteiger partial charge in [0.25, 0.3) is 5.91 Å². The average Bonchev–Trinajstić information content (AvgIpc) is 2.55. The molecule has 1 amide bonds. The van der Waals surface area contributed by atoms with Gasteiger partial charge in [-0.15, -0.1) is 0 Å². The molecule has 17 heavy (non-hydrogen) atoms. The highest BCUT2D eigenvalue weighted by molar-refractivity contribution is 9.10. The van der Waals surface area contributed by atoms with E-state index in [4.69, 9.17) is 5.73 Å². The minimum Gasteiger partial charge on any atom is -0.364 e. The number of aromatic nitrogens is 2. The number of halogens is 1. The van der Waals surface area contributed by atoms with Gasteiger partial charge in [0.1, 0.15) is 0 Å². The molecule has 1 aromatic carbocycles. The quantitative estimate of drug-likeness (QED) is 0.932. The maximum absolute atomic E-state index is 11.3. The average molecular weight is 296 g/mol. The van der Waals surface area contributed by atoms with Gasteiger partial charge < -0.3 is 5.73 Å². The molecule has 2 N–H and O–H groups in total. The molecule has 2 aromatic rings. The molecule has 0 saturated carbocycles. The van der Waals surface area contributed by atoms with Crippen LogP contribution in [0.5, 0.6) is 0 Å². The number of rotatable bonds is 3. The van der Waals surface area contributed by atoms with Crippen molar-refractivity contribution in [1.29, 1.82) is 0 Å². The molecule has 0 atom stereocenters. The van der Waals surface area contributed by atoms with Gasteiger partial charge in [0, 0.05) is 9.86 Å². The molecule has 2 rings (SSSR count). The normalized spacial score (nSPS) is 10.7. The Balaban J connectivity index is 2.70. The van der Waals surface area contributed by atoms with Gasteiger partial charge >= 0.3 is 0 Å². The van der Waals surface area contributed by atoms with E-state index in [1.807, 2.05) is 6.07 Å². The Morgan fingerprint density at radius 1 is 1.47 bits per heavy atom. The molecule has 6 heteroatoms. The van der Waals surface area contributed by atoms with Gasteiger partial charge in [0.15, 0.2) is 11.5 Å². The van der Waals surface area contributed by atoms with Crippen LogP contribution in [0.1, 0.15) is 17.4 Å². The van der Waals surface area contributed by atoms with Gasteiger partial charge in [-0.05, 0) is 25.1 Å². The molecule has 1 aromatic heterocycles. The van der Waals surface area contributed by atoms with E-state index in [0.717, 1.165) is 9.99 Å². The monoisotopic (exact) mass is 295 g/mol. The zero-order valence-corrected chi connectivity index (χ0v) is 10.7. The third-order valence-corrected chi connectivity index (χ3v) is 2.81. The number of carbonyl (C=O) groups excluding carboxylic acids is 2. The number of nitrogens with two attached hydrogens (primary N) is 1. The molecule has 0 radical (unpaired) electrons. The lowest BCUT2D eigenvalue weighted by atomic mass is 10.2. The SMILES string of the molecule is CC(=O)Cn1nc(C(N)=O)c2cc(Br)ccc21. The summed E-state index contributed by atoms with van der Waals surface area (Å²) >= 11 is 3.32. The van der Waals surface area contributed by atoms with Crippen LogP contribution in [0.4, 0.5) is 0 Å². The summed E-state index contributed by atoms with van der Waals surface area (Å²) in [6, 6.07) is 5.38. The topological polar surface area (TPSA) is 78.0 Å². The number of nitrogens with zero attached hydrogens (tertiary/aromatic N) is 2. The third kappa shape index (κ3) is 2.21. The van der Waals surface area contributed by atoms with Crippen molar-refractivity contribution in [1.82, 2.24) is 9.78 Å². The van der Waals surface area contributed by atoms with E-state index in [0.29, 0.717) is 5.39 Å². The number of primary amides is 1. The zero-order chi connectivity index (χ0) is 12.6. The molecule has 5 nitrogen and oxygen atoms in total. The molecule has 1 heterocycles. The van der Waals surface area contributed by atoms with Crippen molar-refractivity contribution in [2.75, 3.05) is 0 Å². The molecule has 0 bridgehead atoms. The van der Waals surface area contributed by atoms with Crippen LogP contribution in [0, 0.1) is 0 Å². The largest absolute Gasteiger partial charge is 0.364 e. The Labute approximate surface area is 106 Å². The molecule has 0 fully saturated rings. The van der Waals surface area contributed by atoms with Crippen LogP contribution >= 0.6 is 15.9 Å². The molecule has 0 aliphatic heterocycles. The van der Waals surface area contributed by atoms with Crippen molar-refractivity contribution in [3.05, 3.63) is 28.4 Å². The Hall–Kier alpha value is -1.69. The van der Waals surface area contributed by atoms with Crippen LogP contribution in [0.3, 0.4) is 0 Å². The molecule has 0 aliphatic rings. The van der Waals surface area contributed by atoms with Crippen LogP contribution in [0.15, 0.2) is 22.7 Å².